The number of hydrogen-bond donors (Lipinski definition) is 2. The third kappa shape index (κ3) is 3.24. The topological polar surface area (TPSA) is 73.8 Å². The molecule has 6 unspecified atom stereocenters. The molecule has 1 aliphatic heterocycles. The van der Waals surface area contributed by atoms with Crippen molar-refractivity contribution < 1.29 is 9.59 Å². The highest BCUT2D eigenvalue weighted by molar-refractivity contribution is 6.06. The summed E-state index contributed by atoms with van der Waals surface area (Å²) in [4.78, 5) is 31.2. The molecule has 0 spiro atoms. The van der Waals surface area contributed by atoms with Crippen molar-refractivity contribution in [1.29, 1.82) is 0 Å². The molecule has 3 fully saturated rings. The van der Waals surface area contributed by atoms with Gasteiger partial charge < -0.3 is 10.6 Å². The molecule has 6 nitrogen and oxygen atoms in total. The van der Waals surface area contributed by atoms with Crippen LogP contribution in [0.4, 0.5) is 0 Å². The molecule has 3 aliphatic carbocycles. The van der Waals surface area contributed by atoms with E-state index in [-0.39, 0.29) is 35.5 Å². The van der Waals surface area contributed by atoms with Crippen LogP contribution in [-0.2, 0) is 9.59 Å². The fourth-order valence-electron chi connectivity index (χ4n) is 5.42. The first kappa shape index (κ1) is 18.4. The molecule has 6 atom stereocenters. The molecule has 5 rings (SSSR count). The second-order valence-corrected chi connectivity index (χ2v) is 8.68. The fraction of sp³-hybridized carbons (Fsp3) is 0.522. The zero-order chi connectivity index (χ0) is 20.0. The van der Waals surface area contributed by atoms with E-state index in [2.05, 4.69) is 52.0 Å². The number of amides is 2. The van der Waals surface area contributed by atoms with Crippen LogP contribution in [0.25, 0.3) is 0 Å². The first-order chi connectivity index (χ1) is 14.2. The highest BCUT2D eigenvalue weighted by atomic mass is 16.2. The molecule has 29 heavy (non-hydrogen) atoms. The minimum atomic E-state index is -0.0929. The average Bonchev–Trinajstić information content (AvgIpc) is 3.07. The van der Waals surface area contributed by atoms with Gasteiger partial charge in [0.05, 0.1) is 11.8 Å². The first-order valence-corrected chi connectivity index (χ1v) is 10.7. The van der Waals surface area contributed by atoms with Gasteiger partial charge in [-0.25, -0.2) is 0 Å². The number of nitrogens with zero attached hydrogens (tertiary/aromatic N) is 2. The minimum absolute atomic E-state index is 0.0445. The lowest BCUT2D eigenvalue weighted by atomic mass is 9.85. The summed E-state index contributed by atoms with van der Waals surface area (Å²) in [6.07, 6.45) is 7.10. The van der Waals surface area contributed by atoms with Crippen LogP contribution in [0.1, 0.15) is 30.7 Å². The SMILES string of the molecule is CN=C(NCCCN1C(=O)C2C3C=CC(C3)C2C1=O)NC1CC1c1ccccc1. The van der Waals surface area contributed by atoms with E-state index in [0.29, 0.717) is 25.0 Å². The summed E-state index contributed by atoms with van der Waals surface area (Å²) in [6.45, 7) is 1.17. The number of guanidine groups is 1. The van der Waals surface area contributed by atoms with Gasteiger partial charge in [0.25, 0.3) is 0 Å². The molecule has 4 aliphatic rings. The Balaban J connectivity index is 1.07. The predicted molar refractivity (Wildman–Crippen MR) is 111 cm³/mol. The third-order valence-electron chi connectivity index (χ3n) is 6.98. The Morgan fingerprint density at radius 3 is 2.41 bits per heavy atom. The lowest BCUT2D eigenvalue weighted by Crippen LogP contribution is -2.41. The molecule has 1 heterocycles. The molecule has 152 valence electrons. The van der Waals surface area contributed by atoms with Crippen LogP contribution in [0.5, 0.6) is 0 Å². The van der Waals surface area contributed by atoms with Gasteiger partial charge in [-0.15, -0.1) is 0 Å². The number of imide groups is 1. The zero-order valence-corrected chi connectivity index (χ0v) is 16.8. The van der Waals surface area contributed by atoms with Crippen LogP contribution in [0.2, 0.25) is 0 Å². The van der Waals surface area contributed by atoms with Crippen molar-refractivity contribution in [2.24, 2.45) is 28.7 Å². The van der Waals surface area contributed by atoms with Crippen LogP contribution in [-0.4, -0.2) is 48.9 Å². The molecule has 0 aromatic heterocycles. The number of likely N-dealkylation sites (tertiary alicyclic amines) is 1. The van der Waals surface area contributed by atoms with Crippen molar-refractivity contribution in [3.05, 3.63) is 48.0 Å². The summed E-state index contributed by atoms with van der Waals surface area (Å²) in [5.74, 6) is 1.79. The number of aliphatic imine (C=N–C) groups is 1. The van der Waals surface area contributed by atoms with E-state index in [0.717, 1.165) is 25.2 Å². The second kappa shape index (κ2) is 7.32. The number of rotatable bonds is 6. The highest BCUT2D eigenvalue weighted by Crippen LogP contribution is 2.52. The van der Waals surface area contributed by atoms with Crippen molar-refractivity contribution >= 4 is 17.8 Å². The first-order valence-electron chi connectivity index (χ1n) is 10.7. The third-order valence-corrected chi connectivity index (χ3v) is 6.98. The smallest absolute Gasteiger partial charge is 0.233 e. The van der Waals surface area contributed by atoms with Crippen molar-refractivity contribution in [3.63, 3.8) is 0 Å². The summed E-state index contributed by atoms with van der Waals surface area (Å²) in [5.41, 5.74) is 1.36. The fourth-order valence-corrected chi connectivity index (χ4v) is 5.42. The normalized spacial score (nSPS) is 34.7. The van der Waals surface area contributed by atoms with Crippen molar-refractivity contribution in [2.75, 3.05) is 20.1 Å². The molecule has 6 heteroatoms. The van der Waals surface area contributed by atoms with Crippen LogP contribution in [0.3, 0.4) is 0 Å². The molecule has 1 aromatic rings. The maximum absolute atomic E-state index is 12.7. The number of allylic oxidation sites excluding steroid dienone is 2. The Morgan fingerprint density at radius 2 is 1.76 bits per heavy atom. The van der Waals surface area contributed by atoms with Gasteiger partial charge in [-0.2, -0.15) is 0 Å². The van der Waals surface area contributed by atoms with Crippen LogP contribution < -0.4 is 10.6 Å². The van der Waals surface area contributed by atoms with Gasteiger partial charge in [0, 0.05) is 32.1 Å². The number of hydrogen-bond acceptors (Lipinski definition) is 3. The Kier molecular flexibility index (Phi) is 4.64. The van der Waals surface area contributed by atoms with Gasteiger partial charge in [0.1, 0.15) is 0 Å². The van der Waals surface area contributed by atoms with E-state index >= 15 is 0 Å². The van der Waals surface area contributed by atoms with Crippen LogP contribution in [0, 0.1) is 23.7 Å². The van der Waals surface area contributed by atoms with E-state index in [1.807, 2.05) is 6.07 Å². The standard InChI is InChI=1S/C23H28N4O2/c1-24-23(26-18-13-17(18)14-6-3-2-4-7-14)25-10-5-11-27-21(28)19-15-8-9-16(12-15)20(19)22(27)29/h2-4,6-9,15-20H,5,10-13H2,1H3,(H2,24,25,26). The summed E-state index contributed by atoms with van der Waals surface area (Å²) in [7, 11) is 1.77. The lowest BCUT2D eigenvalue weighted by Gasteiger charge is -2.18. The Bertz CT molecular complexity index is 835. The van der Waals surface area contributed by atoms with Gasteiger partial charge in [-0.3, -0.25) is 19.5 Å². The van der Waals surface area contributed by atoms with E-state index in [1.165, 1.54) is 10.5 Å². The van der Waals surface area contributed by atoms with E-state index in [9.17, 15) is 9.59 Å². The summed E-state index contributed by atoms with van der Waals surface area (Å²) in [5, 5.41) is 6.79. The number of nitrogens with one attached hydrogen (secondary N) is 2. The van der Waals surface area contributed by atoms with E-state index in [4.69, 9.17) is 0 Å². The largest absolute Gasteiger partial charge is 0.356 e. The van der Waals surface area contributed by atoms with Gasteiger partial charge >= 0.3 is 0 Å². The predicted octanol–water partition coefficient (Wildman–Crippen LogP) is 1.90. The Hall–Kier alpha value is -2.63. The monoisotopic (exact) mass is 392 g/mol. The summed E-state index contributed by atoms with van der Waals surface area (Å²) in [6, 6.07) is 10.9. The number of benzene rings is 1. The molecular formula is C23H28N4O2. The van der Waals surface area contributed by atoms with Crippen molar-refractivity contribution in [2.45, 2.75) is 31.2 Å². The molecular weight excluding hydrogens is 364 g/mol. The molecule has 1 aromatic carbocycles. The van der Waals surface area contributed by atoms with E-state index in [1.54, 1.807) is 7.05 Å². The number of carbonyl (C=O) groups is 2. The highest BCUT2D eigenvalue weighted by Gasteiger charge is 2.58. The quantitative estimate of drug-likeness (QED) is 0.255. The molecule has 2 saturated carbocycles. The Labute approximate surface area is 171 Å². The van der Waals surface area contributed by atoms with Gasteiger partial charge in [-0.1, -0.05) is 42.5 Å². The second-order valence-electron chi connectivity index (χ2n) is 8.68. The molecule has 1 saturated heterocycles. The van der Waals surface area contributed by atoms with Crippen molar-refractivity contribution in [3.8, 4) is 0 Å². The maximum Gasteiger partial charge on any atom is 0.233 e. The summed E-state index contributed by atoms with van der Waals surface area (Å²) < 4.78 is 0. The average molecular weight is 393 g/mol. The molecule has 0 radical (unpaired) electrons. The zero-order valence-electron chi connectivity index (χ0n) is 16.8. The lowest BCUT2D eigenvalue weighted by molar-refractivity contribution is -0.140. The van der Waals surface area contributed by atoms with Crippen LogP contribution in [0.15, 0.2) is 47.5 Å². The molecule has 2 bridgehead atoms. The minimum Gasteiger partial charge on any atom is -0.356 e. The summed E-state index contributed by atoms with van der Waals surface area (Å²) >= 11 is 0. The van der Waals surface area contributed by atoms with Crippen LogP contribution >= 0.6 is 0 Å². The van der Waals surface area contributed by atoms with Crippen molar-refractivity contribution in [1.82, 2.24) is 15.5 Å². The van der Waals surface area contributed by atoms with E-state index < -0.39 is 0 Å². The van der Waals surface area contributed by atoms with Gasteiger partial charge in [0.15, 0.2) is 5.96 Å². The number of carbonyl (C=O) groups excluding carboxylic acids is 2. The number of fused-ring (bicyclic) bond motifs is 5. The molecule has 2 N–H and O–H groups in total. The Morgan fingerprint density at radius 1 is 1.07 bits per heavy atom. The van der Waals surface area contributed by atoms with Gasteiger partial charge in [-0.05, 0) is 36.7 Å². The molecule has 2 amide bonds. The van der Waals surface area contributed by atoms with Gasteiger partial charge in [0.2, 0.25) is 11.8 Å². The maximum atomic E-state index is 12.7.